The fourth-order valence-electron chi connectivity index (χ4n) is 2.27. The number of hydrogen-bond donors (Lipinski definition) is 2. The van der Waals surface area contributed by atoms with Gasteiger partial charge in [-0.3, -0.25) is 5.10 Å². The lowest BCUT2D eigenvalue weighted by atomic mass is 9.91. The molecule has 1 heterocycles. The molecular formula is C14H15ClN2O2. The summed E-state index contributed by atoms with van der Waals surface area (Å²) < 4.78 is 0. The molecular weight excluding hydrogens is 264 g/mol. The number of benzene rings is 1. The van der Waals surface area contributed by atoms with E-state index in [1.807, 2.05) is 27.7 Å². The number of nitrogens with zero attached hydrogens (tertiary/aromatic N) is 1. The number of aryl methyl sites for hydroxylation is 2. The van der Waals surface area contributed by atoms with Crippen LogP contribution in [0, 0.1) is 27.7 Å². The molecule has 2 N–H and O–H groups in total. The number of carbonyl (C=O) groups is 1. The molecule has 5 heteroatoms. The number of halogens is 1. The first-order valence-corrected chi connectivity index (χ1v) is 6.27. The second kappa shape index (κ2) is 4.70. The highest BCUT2D eigenvalue weighted by Crippen LogP contribution is 2.34. The second-order valence-electron chi connectivity index (χ2n) is 4.70. The molecule has 0 aliphatic heterocycles. The summed E-state index contributed by atoms with van der Waals surface area (Å²) >= 11 is 5.88. The molecule has 19 heavy (non-hydrogen) atoms. The lowest BCUT2D eigenvalue weighted by molar-refractivity contribution is 0.0698. The molecule has 0 saturated carbocycles. The van der Waals surface area contributed by atoms with E-state index < -0.39 is 5.97 Å². The maximum absolute atomic E-state index is 11.3. The van der Waals surface area contributed by atoms with E-state index in [1.54, 1.807) is 0 Å². The first-order valence-electron chi connectivity index (χ1n) is 5.89. The van der Waals surface area contributed by atoms with Crippen LogP contribution in [0.3, 0.4) is 0 Å². The highest BCUT2D eigenvalue weighted by molar-refractivity contribution is 6.33. The Hall–Kier alpha value is -1.81. The number of hydrogen-bond acceptors (Lipinski definition) is 2. The minimum Gasteiger partial charge on any atom is -0.478 e. The van der Waals surface area contributed by atoms with Gasteiger partial charge in [0.05, 0.1) is 0 Å². The number of carboxylic acid groups (broad SMARTS) is 1. The molecule has 100 valence electrons. The van der Waals surface area contributed by atoms with E-state index in [0.717, 1.165) is 27.8 Å². The van der Waals surface area contributed by atoms with Gasteiger partial charge >= 0.3 is 5.97 Å². The summed E-state index contributed by atoms with van der Waals surface area (Å²) in [6, 6.07) is 2.09. The fraction of sp³-hybridized carbons (Fsp3) is 0.286. The average Bonchev–Trinajstić information content (AvgIpc) is 2.69. The van der Waals surface area contributed by atoms with Crippen LogP contribution < -0.4 is 0 Å². The molecule has 0 bridgehead atoms. The Morgan fingerprint density at radius 3 is 2.21 bits per heavy atom. The quantitative estimate of drug-likeness (QED) is 0.881. The normalized spacial score (nSPS) is 10.8. The van der Waals surface area contributed by atoms with Gasteiger partial charge in [-0.05, 0) is 49.9 Å². The molecule has 0 aliphatic carbocycles. The van der Waals surface area contributed by atoms with E-state index in [1.165, 1.54) is 0 Å². The average molecular weight is 279 g/mol. The third-order valence-electron chi connectivity index (χ3n) is 3.54. The lowest BCUT2D eigenvalue weighted by Crippen LogP contribution is -2.02. The molecule has 0 spiro atoms. The second-order valence-corrected chi connectivity index (χ2v) is 5.08. The van der Waals surface area contributed by atoms with Crippen LogP contribution in [0.2, 0.25) is 5.15 Å². The summed E-state index contributed by atoms with van der Waals surface area (Å²) in [7, 11) is 0. The van der Waals surface area contributed by atoms with Gasteiger partial charge in [0.2, 0.25) is 0 Å². The van der Waals surface area contributed by atoms with Gasteiger partial charge in [-0.2, -0.15) is 5.10 Å². The van der Waals surface area contributed by atoms with Crippen molar-refractivity contribution in [1.29, 1.82) is 0 Å². The Labute approximate surface area is 116 Å². The van der Waals surface area contributed by atoms with Gasteiger partial charge in [0.15, 0.2) is 0 Å². The third kappa shape index (κ3) is 2.12. The van der Waals surface area contributed by atoms with Crippen LogP contribution in [0.5, 0.6) is 0 Å². The minimum absolute atomic E-state index is 0.0258. The Kier molecular flexibility index (Phi) is 3.37. The molecule has 4 nitrogen and oxygen atoms in total. The monoisotopic (exact) mass is 278 g/mol. The van der Waals surface area contributed by atoms with E-state index in [4.69, 9.17) is 11.6 Å². The molecule has 0 unspecified atom stereocenters. The molecule has 1 aromatic heterocycles. The molecule has 1 aromatic carbocycles. The molecule has 2 aromatic rings. The third-order valence-corrected chi connectivity index (χ3v) is 3.81. The molecule has 0 atom stereocenters. The summed E-state index contributed by atoms with van der Waals surface area (Å²) in [4.78, 5) is 11.3. The summed E-state index contributed by atoms with van der Waals surface area (Å²) in [5.74, 6) is -1.08. The maximum Gasteiger partial charge on any atom is 0.341 e. The van der Waals surface area contributed by atoms with E-state index in [0.29, 0.717) is 5.69 Å². The first-order chi connectivity index (χ1) is 8.84. The van der Waals surface area contributed by atoms with Crippen molar-refractivity contribution in [3.05, 3.63) is 39.0 Å². The predicted molar refractivity (Wildman–Crippen MR) is 74.9 cm³/mol. The zero-order valence-electron chi connectivity index (χ0n) is 11.3. The van der Waals surface area contributed by atoms with Gasteiger partial charge < -0.3 is 5.11 Å². The van der Waals surface area contributed by atoms with Crippen molar-refractivity contribution in [2.45, 2.75) is 27.7 Å². The van der Waals surface area contributed by atoms with Crippen LogP contribution in [0.1, 0.15) is 32.6 Å². The Balaban J connectivity index is 2.83. The number of nitrogens with one attached hydrogen (secondary N) is 1. The Morgan fingerprint density at radius 1 is 1.21 bits per heavy atom. The van der Waals surface area contributed by atoms with Crippen LogP contribution in [0.4, 0.5) is 0 Å². The molecule has 0 saturated heterocycles. The summed E-state index contributed by atoms with van der Waals surface area (Å²) in [5, 5.41) is 15.9. The summed E-state index contributed by atoms with van der Waals surface area (Å²) in [5.41, 5.74) is 5.53. The highest BCUT2D eigenvalue weighted by Gasteiger charge is 2.23. The topological polar surface area (TPSA) is 66.0 Å². The Morgan fingerprint density at radius 2 is 1.74 bits per heavy atom. The molecule has 2 rings (SSSR count). The number of aromatic amines is 1. The minimum atomic E-state index is -1.08. The maximum atomic E-state index is 11.3. The molecule has 0 aliphatic rings. The van der Waals surface area contributed by atoms with Crippen LogP contribution in [-0.4, -0.2) is 21.3 Å². The van der Waals surface area contributed by atoms with Gasteiger partial charge in [0, 0.05) is 5.56 Å². The zero-order chi connectivity index (χ0) is 14.3. The van der Waals surface area contributed by atoms with Gasteiger partial charge in [-0.1, -0.05) is 17.7 Å². The van der Waals surface area contributed by atoms with Crippen LogP contribution in [-0.2, 0) is 0 Å². The SMILES string of the molecule is Cc1cc(C)c(C)c(-c2n[nH]c(Cl)c2C(=O)O)c1C. The van der Waals surface area contributed by atoms with E-state index in [9.17, 15) is 9.90 Å². The molecule has 0 radical (unpaired) electrons. The predicted octanol–water partition coefficient (Wildman–Crippen LogP) is 3.66. The van der Waals surface area contributed by atoms with Gasteiger partial charge in [-0.25, -0.2) is 4.79 Å². The number of rotatable bonds is 2. The first kappa shape index (κ1) is 13.6. The van der Waals surface area contributed by atoms with E-state index >= 15 is 0 Å². The van der Waals surface area contributed by atoms with Crippen molar-refractivity contribution in [2.24, 2.45) is 0 Å². The lowest BCUT2D eigenvalue weighted by Gasteiger charge is -2.14. The highest BCUT2D eigenvalue weighted by atomic mass is 35.5. The number of H-pyrrole nitrogens is 1. The number of aromatic nitrogens is 2. The van der Waals surface area contributed by atoms with Gasteiger partial charge in [0.25, 0.3) is 0 Å². The standard InChI is InChI=1S/C14H15ClN2O2/c1-6-5-7(2)9(4)10(8(6)3)12-11(14(18)19)13(15)17-16-12/h5H,1-4H3,(H,16,17)(H,18,19). The zero-order valence-corrected chi connectivity index (χ0v) is 12.0. The molecule has 0 fully saturated rings. The smallest absolute Gasteiger partial charge is 0.341 e. The van der Waals surface area contributed by atoms with Crippen molar-refractivity contribution in [3.63, 3.8) is 0 Å². The summed E-state index contributed by atoms with van der Waals surface area (Å²) in [6.45, 7) is 7.93. The van der Waals surface area contributed by atoms with E-state index in [2.05, 4.69) is 16.3 Å². The van der Waals surface area contributed by atoms with Crippen molar-refractivity contribution in [3.8, 4) is 11.3 Å². The van der Waals surface area contributed by atoms with Crippen molar-refractivity contribution < 1.29 is 9.90 Å². The van der Waals surface area contributed by atoms with E-state index in [-0.39, 0.29) is 10.7 Å². The van der Waals surface area contributed by atoms with Gasteiger partial charge in [0.1, 0.15) is 16.4 Å². The summed E-state index contributed by atoms with van der Waals surface area (Å²) in [6.07, 6.45) is 0. The number of carboxylic acids is 1. The van der Waals surface area contributed by atoms with Crippen LogP contribution >= 0.6 is 11.6 Å². The fourth-order valence-corrected chi connectivity index (χ4v) is 2.48. The Bertz CT molecular complexity index is 648. The largest absolute Gasteiger partial charge is 0.478 e. The van der Waals surface area contributed by atoms with Gasteiger partial charge in [-0.15, -0.1) is 0 Å². The van der Waals surface area contributed by atoms with Crippen molar-refractivity contribution in [1.82, 2.24) is 10.2 Å². The molecule has 0 amide bonds. The van der Waals surface area contributed by atoms with Crippen LogP contribution in [0.25, 0.3) is 11.3 Å². The van der Waals surface area contributed by atoms with Crippen molar-refractivity contribution >= 4 is 17.6 Å². The van der Waals surface area contributed by atoms with Crippen molar-refractivity contribution in [2.75, 3.05) is 0 Å². The number of aromatic carboxylic acids is 1. The van der Waals surface area contributed by atoms with Crippen LogP contribution in [0.15, 0.2) is 6.07 Å².